The molecular formula is C25H21F3N2O3S2. The normalized spacial score (nSPS) is 22.3. The van der Waals surface area contributed by atoms with E-state index in [0.29, 0.717) is 9.90 Å². The minimum absolute atomic E-state index is 0.0903. The first-order valence-corrected chi connectivity index (χ1v) is 12.6. The molecule has 10 heteroatoms. The van der Waals surface area contributed by atoms with Crippen LogP contribution in [0.2, 0.25) is 0 Å². The highest BCUT2D eigenvalue weighted by molar-refractivity contribution is 8.00. The first kappa shape index (κ1) is 23.9. The van der Waals surface area contributed by atoms with Crippen LogP contribution >= 0.6 is 23.1 Å². The first-order chi connectivity index (χ1) is 16.4. The number of aromatic nitrogens is 1. The standard InChI is InChI=1S/C25H21F3N2O3S2/c1-24(2,3)13-9-7-12(8-10-13)16-17-19(34-20-18(16)35-23(33)29-20)22(32)30(21(17)31)15-6-4-5-14(11-15)25(26,27)28/h4-11,16-17,19H,1-3H3,(H,29,33)/t16-,17-,19+/m0/s1. The number of benzene rings is 2. The lowest BCUT2D eigenvalue weighted by Gasteiger charge is -2.30. The summed E-state index contributed by atoms with van der Waals surface area (Å²) in [6, 6.07) is 12.0. The predicted molar refractivity (Wildman–Crippen MR) is 129 cm³/mol. The number of hydrogen-bond donors (Lipinski definition) is 1. The molecule has 35 heavy (non-hydrogen) atoms. The molecule has 3 heterocycles. The third kappa shape index (κ3) is 4.02. The number of carbonyl (C=O) groups excluding carboxylic acids is 2. The third-order valence-corrected chi connectivity index (χ3v) is 8.79. The summed E-state index contributed by atoms with van der Waals surface area (Å²) in [7, 11) is 0. The summed E-state index contributed by atoms with van der Waals surface area (Å²) in [5.41, 5.74) is 0.730. The molecule has 0 aliphatic carbocycles. The van der Waals surface area contributed by atoms with Crippen molar-refractivity contribution in [2.45, 2.75) is 48.6 Å². The number of imide groups is 1. The SMILES string of the molecule is CC(C)(C)c1ccc([C@@H]2c3sc(=O)[nH]c3S[C@H]3C(=O)N(c4cccc(C(F)(F)F)c4)C(=O)[C@@H]23)cc1. The van der Waals surface area contributed by atoms with Gasteiger partial charge >= 0.3 is 11.0 Å². The topological polar surface area (TPSA) is 70.2 Å². The Morgan fingerprint density at radius 1 is 0.914 bits per heavy atom. The maximum absolute atomic E-state index is 13.7. The summed E-state index contributed by atoms with van der Waals surface area (Å²) in [5, 5.41) is -0.333. The molecule has 0 bridgehead atoms. The number of rotatable bonds is 2. The Kier molecular flexibility index (Phi) is 5.52. The van der Waals surface area contributed by atoms with Crippen LogP contribution in [0.5, 0.6) is 0 Å². The average Bonchev–Trinajstić information content (AvgIpc) is 3.27. The van der Waals surface area contributed by atoms with Crippen LogP contribution in [0, 0.1) is 5.92 Å². The molecule has 0 saturated carbocycles. The second-order valence-electron chi connectivity index (χ2n) is 9.68. The third-order valence-electron chi connectivity index (χ3n) is 6.39. The first-order valence-electron chi connectivity index (χ1n) is 10.9. The number of anilines is 1. The summed E-state index contributed by atoms with van der Waals surface area (Å²) >= 11 is 2.09. The van der Waals surface area contributed by atoms with E-state index in [2.05, 4.69) is 25.8 Å². The van der Waals surface area contributed by atoms with E-state index < -0.39 is 40.6 Å². The lowest BCUT2D eigenvalue weighted by molar-refractivity contribution is -0.137. The fraction of sp³-hybridized carbons (Fsp3) is 0.320. The Labute approximate surface area is 207 Å². The zero-order chi connectivity index (χ0) is 25.3. The van der Waals surface area contributed by atoms with Gasteiger partial charge in [-0.3, -0.25) is 14.4 Å². The summed E-state index contributed by atoms with van der Waals surface area (Å²) in [5.74, 6) is -2.57. The molecule has 1 aromatic heterocycles. The van der Waals surface area contributed by atoms with Gasteiger partial charge in [-0.2, -0.15) is 13.2 Å². The molecule has 0 radical (unpaired) electrons. The Balaban J connectivity index is 1.60. The Morgan fingerprint density at radius 3 is 2.23 bits per heavy atom. The van der Waals surface area contributed by atoms with Crippen LogP contribution in [-0.4, -0.2) is 22.0 Å². The minimum Gasteiger partial charge on any atom is -0.307 e. The quantitative estimate of drug-likeness (QED) is 0.452. The van der Waals surface area contributed by atoms with Gasteiger partial charge in [0.1, 0.15) is 5.25 Å². The lowest BCUT2D eigenvalue weighted by Crippen LogP contribution is -2.32. The number of alkyl halides is 3. The number of carbonyl (C=O) groups is 2. The van der Waals surface area contributed by atoms with Gasteiger partial charge in [0.15, 0.2) is 0 Å². The molecule has 2 aromatic carbocycles. The number of fused-ring (bicyclic) bond motifs is 2. The van der Waals surface area contributed by atoms with E-state index in [0.717, 1.165) is 51.3 Å². The highest BCUT2D eigenvalue weighted by Gasteiger charge is 2.56. The van der Waals surface area contributed by atoms with Crippen molar-refractivity contribution in [1.29, 1.82) is 0 Å². The predicted octanol–water partition coefficient (Wildman–Crippen LogP) is 5.55. The number of nitrogens with one attached hydrogen (secondary N) is 1. The summed E-state index contributed by atoms with van der Waals surface area (Å²) in [6.45, 7) is 6.24. The van der Waals surface area contributed by atoms with Crippen molar-refractivity contribution >= 4 is 40.6 Å². The fourth-order valence-electron chi connectivity index (χ4n) is 4.64. The molecular weight excluding hydrogens is 497 g/mol. The second-order valence-corrected chi connectivity index (χ2v) is 11.8. The zero-order valence-electron chi connectivity index (χ0n) is 19.0. The van der Waals surface area contributed by atoms with E-state index >= 15 is 0 Å². The van der Waals surface area contributed by atoms with E-state index in [4.69, 9.17) is 0 Å². The number of halogens is 3. The van der Waals surface area contributed by atoms with E-state index in [1.165, 1.54) is 12.1 Å². The van der Waals surface area contributed by atoms with Gasteiger partial charge in [-0.1, -0.05) is 74.2 Å². The van der Waals surface area contributed by atoms with Crippen molar-refractivity contribution in [2.75, 3.05) is 4.90 Å². The van der Waals surface area contributed by atoms with Crippen LogP contribution < -0.4 is 9.77 Å². The molecule has 2 amide bonds. The molecule has 5 nitrogen and oxygen atoms in total. The molecule has 1 fully saturated rings. The maximum atomic E-state index is 13.7. The smallest absolute Gasteiger partial charge is 0.307 e. The van der Waals surface area contributed by atoms with Crippen LogP contribution in [0.15, 0.2) is 58.4 Å². The average molecular weight is 519 g/mol. The Morgan fingerprint density at radius 2 is 1.60 bits per heavy atom. The number of amides is 2. The second kappa shape index (κ2) is 8.09. The van der Waals surface area contributed by atoms with Gasteiger partial charge in [0.05, 0.1) is 22.2 Å². The summed E-state index contributed by atoms with van der Waals surface area (Å²) in [4.78, 5) is 43.3. The van der Waals surface area contributed by atoms with E-state index in [-0.39, 0.29) is 16.0 Å². The van der Waals surface area contributed by atoms with Gasteiger partial charge in [0.25, 0.3) is 0 Å². The molecule has 3 atom stereocenters. The molecule has 2 aliphatic heterocycles. The number of aromatic amines is 1. The van der Waals surface area contributed by atoms with Gasteiger partial charge in [0.2, 0.25) is 11.8 Å². The van der Waals surface area contributed by atoms with Crippen molar-refractivity contribution in [2.24, 2.45) is 5.92 Å². The molecule has 2 aliphatic rings. The molecule has 0 unspecified atom stereocenters. The van der Waals surface area contributed by atoms with Crippen LogP contribution in [0.25, 0.3) is 0 Å². The molecule has 0 spiro atoms. The number of H-pyrrole nitrogens is 1. The number of nitrogens with zero attached hydrogens (tertiary/aromatic N) is 1. The van der Waals surface area contributed by atoms with Gasteiger partial charge in [-0.05, 0) is 34.7 Å². The maximum Gasteiger partial charge on any atom is 0.416 e. The van der Waals surface area contributed by atoms with Crippen LogP contribution in [0.1, 0.15) is 48.3 Å². The van der Waals surface area contributed by atoms with Gasteiger partial charge < -0.3 is 4.98 Å². The lowest BCUT2D eigenvalue weighted by atomic mass is 9.81. The molecule has 5 rings (SSSR count). The van der Waals surface area contributed by atoms with Gasteiger partial charge in [-0.25, -0.2) is 4.90 Å². The number of hydrogen-bond acceptors (Lipinski definition) is 5. The monoisotopic (exact) mass is 518 g/mol. The molecule has 1 N–H and O–H groups in total. The van der Waals surface area contributed by atoms with Gasteiger partial charge in [-0.15, -0.1) is 0 Å². The van der Waals surface area contributed by atoms with Crippen molar-refractivity contribution in [1.82, 2.24) is 4.98 Å². The Hall–Kier alpha value is -2.85. The molecule has 182 valence electrons. The zero-order valence-corrected chi connectivity index (χ0v) is 20.6. The summed E-state index contributed by atoms with van der Waals surface area (Å²) < 4.78 is 39.9. The van der Waals surface area contributed by atoms with Gasteiger partial charge in [0, 0.05) is 10.8 Å². The molecule has 1 saturated heterocycles. The summed E-state index contributed by atoms with van der Waals surface area (Å²) in [6.07, 6.45) is -4.61. The van der Waals surface area contributed by atoms with E-state index in [1.54, 1.807) is 0 Å². The van der Waals surface area contributed by atoms with E-state index in [9.17, 15) is 27.6 Å². The van der Waals surface area contributed by atoms with E-state index in [1.807, 2.05) is 24.3 Å². The largest absolute Gasteiger partial charge is 0.416 e. The van der Waals surface area contributed by atoms with Crippen LogP contribution in [-0.2, 0) is 21.2 Å². The van der Waals surface area contributed by atoms with Crippen molar-refractivity contribution < 1.29 is 22.8 Å². The van der Waals surface area contributed by atoms with Crippen molar-refractivity contribution in [3.63, 3.8) is 0 Å². The Bertz CT molecular complexity index is 1390. The molecule has 3 aromatic rings. The van der Waals surface area contributed by atoms with Crippen LogP contribution in [0.3, 0.4) is 0 Å². The highest BCUT2D eigenvalue weighted by atomic mass is 32.2. The number of thiazole rings is 1. The number of thioether (sulfide) groups is 1. The highest BCUT2D eigenvalue weighted by Crippen LogP contribution is 2.53. The van der Waals surface area contributed by atoms with Crippen LogP contribution in [0.4, 0.5) is 18.9 Å². The minimum atomic E-state index is -4.61. The van der Waals surface area contributed by atoms with Crippen molar-refractivity contribution in [3.05, 3.63) is 79.8 Å². The van der Waals surface area contributed by atoms with Crippen molar-refractivity contribution in [3.8, 4) is 0 Å². The fourth-order valence-corrected chi connectivity index (χ4v) is 7.16.